The second kappa shape index (κ2) is 11.7. The topological polar surface area (TPSA) is 57.3 Å². The van der Waals surface area contributed by atoms with Crippen molar-refractivity contribution in [1.82, 2.24) is 20.5 Å². The molecule has 1 aliphatic rings. The zero-order chi connectivity index (χ0) is 19.3. The summed E-state index contributed by atoms with van der Waals surface area (Å²) in [5.41, 5.74) is 1.51. The summed E-state index contributed by atoms with van der Waals surface area (Å²) in [6, 6.07) is 7.88. The Bertz CT molecular complexity index is 755. The molecule has 2 aromatic rings. The van der Waals surface area contributed by atoms with Gasteiger partial charge in [0.25, 0.3) is 0 Å². The Hall–Kier alpha value is -1.39. The van der Waals surface area contributed by atoms with E-state index in [1.165, 1.54) is 16.2 Å². The molecule has 1 atom stereocenters. The Morgan fingerprint density at radius 2 is 1.86 bits per heavy atom. The first-order valence-corrected chi connectivity index (χ1v) is 9.59. The van der Waals surface area contributed by atoms with Gasteiger partial charge in [-0.3, -0.25) is 9.69 Å². The van der Waals surface area contributed by atoms with Crippen LogP contribution in [-0.4, -0.2) is 60.7 Å². The van der Waals surface area contributed by atoms with E-state index in [0.29, 0.717) is 31.9 Å². The fourth-order valence-electron chi connectivity index (χ4n) is 2.98. The maximum Gasteiger partial charge on any atom is 0.405 e. The van der Waals surface area contributed by atoms with E-state index in [0.717, 1.165) is 10.6 Å². The van der Waals surface area contributed by atoms with Gasteiger partial charge < -0.3 is 10.6 Å². The average molecular weight is 471 g/mol. The van der Waals surface area contributed by atoms with Crippen LogP contribution in [0.15, 0.2) is 35.7 Å². The van der Waals surface area contributed by atoms with Crippen LogP contribution in [0, 0.1) is 0 Å². The summed E-state index contributed by atoms with van der Waals surface area (Å²) in [5, 5.41) is 8.01. The number of piperazine rings is 1. The molecule has 0 saturated carbocycles. The van der Waals surface area contributed by atoms with Crippen molar-refractivity contribution in [3.05, 3.63) is 41.4 Å². The van der Waals surface area contributed by atoms with Gasteiger partial charge in [-0.1, -0.05) is 30.3 Å². The first-order valence-electron chi connectivity index (χ1n) is 8.71. The van der Waals surface area contributed by atoms with Gasteiger partial charge in [-0.15, -0.1) is 36.2 Å². The van der Waals surface area contributed by atoms with Gasteiger partial charge in [0.05, 0.1) is 12.1 Å². The third-order valence-corrected chi connectivity index (χ3v) is 5.32. The third-order valence-electron chi connectivity index (χ3n) is 4.38. The minimum absolute atomic E-state index is 0. The highest BCUT2D eigenvalue weighted by Gasteiger charge is 2.43. The summed E-state index contributed by atoms with van der Waals surface area (Å²) in [5.74, 6) is -0.454. The smallest absolute Gasteiger partial charge is 0.354 e. The largest absolute Gasteiger partial charge is 0.405 e. The number of halogens is 5. The molecule has 2 heterocycles. The second-order valence-electron chi connectivity index (χ2n) is 6.33. The quantitative estimate of drug-likeness (QED) is 0.680. The van der Waals surface area contributed by atoms with Gasteiger partial charge in [-0.25, -0.2) is 4.98 Å². The number of nitrogens with one attached hydrogen (secondary N) is 2. The van der Waals surface area contributed by atoms with E-state index in [9.17, 15) is 18.0 Å². The second-order valence-corrected chi connectivity index (χ2v) is 7.19. The van der Waals surface area contributed by atoms with E-state index in [1.807, 2.05) is 30.3 Å². The SMILES string of the molecule is Cl.Cl.O=C(Cc1csc(-c2ccccc2)n1)NCC(N1CCNCC1)C(F)(F)F. The number of alkyl halides is 3. The average Bonchev–Trinajstić information content (AvgIpc) is 3.11. The molecular weight excluding hydrogens is 448 g/mol. The predicted molar refractivity (Wildman–Crippen MR) is 113 cm³/mol. The Kier molecular flexibility index (Phi) is 10.4. The zero-order valence-corrected chi connectivity index (χ0v) is 17.9. The number of hydrogen-bond acceptors (Lipinski definition) is 5. The van der Waals surface area contributed by atoms with Crippen LogP contribution < -0.4 is 10.6 Å². The van der Waals surface area contributed by atoms with E-state index < -0.39 is 24.7 Å². The van der Waals surface area contributed by atoms with E-state index in [-0.39, 0.29) is 31.2 Å². The third kappa shape index (κ3) is 7.42. The molecule has 1 amide bonds. The van der Waals surface area contributed by atoms with Crippen LogP contribution in [0.4, 0.5) is 13.2 Å². The molecular formula is C18H23Cl2F3N4OS. The summed E-state index contributed by atoms with van der Waals surface area (Å²) in [4.78, 5) is 17.9. The number of carbonyl (C=O) groups is 1. The molecule has 0 aliphatic carbocycles. The van der Waals surface area contributed by atoms with Crippen LogP contribution >= 0.6 is 36.2 Å². The lowest BCUT2D eigenvalue weighted by Gasteiger charge is -2.35. The van der Waals surface area contributed by atoms with Crippen molar-refractivity contribution in [2.24, 2.45) is 0 Å². The summed E-state index contributed by atoms with van der Waals surface area (Å²) in [6.07, 6.45) is -4.42. The van der Waals surface area contributed by atoms with Crippen molar-refractivity contribution in [3.8, 4) is 10.6 Å². The molecule has 0 bridgehead atoms. The number of rotatable bonds is 6. The maximum atomic E-state index is 13.3. The molecule has 29 heavy (non-hydrogen) atoms. The van der Waals surface area contributed by atoms with Gasteiger partial charge in [-0.05, 0) is 0 Å². The van der Waals surface area contributed by atoms with Crippen LogP contribution in [0.1, 0.15) is 5.69 Å². The molecule has 0 radical (unpaired) electrons. The fraction of sp³-hybridized carbons (Fsp3) is 0.444. The first-order chi connectivity index (χ1) is 12.9. The molecule has 2 N–H and O–H groups in total. The molecule has 1 unspecified atom stereocenters. The Balaban J connectivity index is 0.00000210. The molecule has 162 valence electrons. The fourth-order valence-corrected chi connectivity index (χ4v) is 3.81. The van der Waals surface area contributed by atoms with Crippen LogP contribution in [0.2, 0.25) is 0 Å². The Morgan fingerprint density at radius 3 is 2.48 bits per heavy atom. The normalized spacial score (nSPS) is 15.7. The van der Waals surface area contributed by atoms with Gasteiger partial charge in [0, 0.05) is 43.7 Å². The van der Waals surface area contributed by atoms with Gasteiger partial charge in [0.2, 0.25) is 5.91 Å². The molecule has 1 saturated heterocycles. The number of amides is 1. The molecule has 11 heteroatoms. The monoisotopic (exact) mass is 470 g/mol. The lowest BCUT2D eigenvalue weighted by atomic mass is 10.2. The van der Waals surface area contributed by atoms with Crippen molar-refractivity contribution in [2.75, 3.05) is 32.7 Å². The molecule has 1 aromatic heterocycles. The molecule has 1 aliphatic heterocycles. The first kappa shape index (κ1) is 25.6. The van der Waals surface area contributed by atoms with E-state index in [1.54, 1.807) is 5.38 Å². The minimum atomic E-state index is -4.38. The molecule has 0 spiro atoms. The lowest BCUT2D eigenvalue weighted by molar-refractivity contribution is -0.184. The zero-order valence-electron chi connectivity index (χ0n) is 15.4. The van der Waals surface area contributed by atoms with Crippen molar-refractivity contribution >= 4 is 42.1 Å². The van der Waals surface area contributed by atoms with Gasteiger partial charge in [-0.2, -0.15) is 13.2 Å². The van der Waals surface area contributed by atoms with Gasteiger partial charge in [0.15, 0.2) is 0 Å². The van der Waals surface area contributed by atoms with E-state index >= 15 is 0 Å². The number of carbonyl (C=O) groups excluding carboxylic acids is 1. The number of hydrogen-bond donors (Lipinski definition) is 2. The Labute approximate surface area is 183 Å². The summed E-state index contributed by atoms with van der Waals surface area (Å²) in [6.45, 7) is 1.21. The van der Waals surface area contributed by atoms with Crippen molar-refractivity contribution in [1.29, 1.82) is 0 Å². The van der Waals surface area contributed by atoms with E-state index in [4.69, 9.17) is 0 Å². The van der Waals surface area contributed by atoms with Crippen molar-refractivity contribution in [2.45, 2.75) is 18.6 Å². The van der Waals surface area contributed by atoms with Crippen LogP contribution in [0.3, 0.4) is 0 Å². The van der Waals surface area contributed by atoms with Crippen LogP contribution in [-0.2, 0) is 11.2 Å². The highest BCUT2D eigenvalue weighted by Crippen LogP contribution is 2.25. The standard InChI is InChI=1S/C18H21F3N4OS.2ClH/c19-18(20,21)15(25-8-6-22-7-9-25)11-23-16(26)10-14-12-27-17(24-14)13-4-2-1-3-5-13;;/h1-5,12,15,22H,6-11H2,(H,23,26);2*1H. The predicted octanol–water partition coefficient (Wildman–Crippen LogP) is 3.15. The number of aromatic nitrogens is 1. The number of benzene rings is 1. The van der Waals surface area contributed by atoms with Crippen molar-refractivity contribution in [3.63, 3.8) is 0 Å². The van der Waals surface area contributed by atoms with Gasteiger partial charge in [0.1, 0.15) is 11.0 Å². The molecule has 3 rings (SSSR count). The van der Waals surface area contributed by atoms with E-state index in [2.05, 4.69) is 15.6 Å². The summed E-state index contributed by atoms with van der Waals surface area (Å²) in [7, 11) is 0. The summed E-state index contributed by atoms with van der Waals surface area (Å²) >= 11 is 1.41. The summed E-state index contributed by atoms with van der Waals surface area (Å²) < 4.78 is 40.0. The number of nitrogens with zero attached hydrogens (tertiary/aromatic N) is 2. The minimum Gasteiger partial charge on any atom is -0.354 e. The molecule has 1 fully saturated rings. The number of thiazole rings is 1. The highest BCUT2D eigenvalue weighted by atomic mass is 35.5. The lowest BCUT2D eigenvalue weighted by Crippen LogP contribution is -2.57. The Morgan fingerprint density at radius 1 is 1.21 bits per heavy atom. The van der Waals surface area contributed by atoms with Crippen molar-refractivity contribution < 1.29 is 18.0 Å². The molecule has 5 nitrogen and oxygen atoms in total. The van der Waals surface area contributed by atoms with Crippen LogP contribution in [0.25, 0.3) is 10.6 Å². The van der Waals surface area contributed by atoms with Gasteiger partial charge >= 0.3 is 6.18 Å². The highest BCUT2D eigenvalue weighted by molar-refractivity contribution is 7.13. The molecule has 1 aromatic carbocycles. The van der Waals surface area contributed by atoms with Crippen LogP contribution in [0.5, 0.6) is 0 Å². The maximum absolute atomic E-state index is 13.3.